The van der Waals surface area contributed by atoms with Crippen molar-refractivity contribution in [1.82, 2.24) is 0 Å². The fourth-order valence-electron chi connectivity index (χ4n) is 2.23. The number of methoxy groups -OCH3 is 2. The van der Waals surface area contributed by atoms with E-state index in [2.05, 4.69) is 20.7 Å². The van der Waals surface area contributed by atoms with Gasteiger partial charge in [0.25, 0.3) is 0 Å². The molecule has 0 fully saturated rings. The van der Waals surface area contributed by atoms with Gasteiger partial charge in [-0.25, -0.2) is 9.59 Å². The van der Waals surface area contributed by atoms with Crippen LogP contribution in [-0.2, 0) is 19.1 Å². The van der Waals surface area contributed by atoms with Gasteiger partial charge in [0, 0.05) is 10.7 Å². The molecule has 0 saturated carbocycles. The molecule has 26 heavy (non-hydrogen) atoms. The first-order valence-corrected chi connectivity index (χ1v) is 7.97. The number of nitrogens with zero attached hydrogens (tertiary/aromatic N) is 1. The Hall–Kier alpha value is -2.68. The van der Waals surface area contributed by atoms with Crippen LogP contribution in [0.3, 0.4) is 0 Å². The number of alkyl halides is 2. The highest BCUT2D eigenvalue weighted by atomic mass is 79.9. The molecule has 138 valence electrons. The summed E-state index contributed by atoms with van der Waals surface area (Å²) in [7, 11) is 2.30. The molecule has 6 nitrogen and oxygen atoms in total. The van der Waals surface area contributed by atoms with Gasteiger partial charge >= 0.3 is 18.6 Å². The number of benzene rings is 1. The number of carbonyl (C=O) groups excluding carboxylic acids is 2. The standard InChI is InChI=1S/C17H14BrF2NO5/c1-24-15(22)11-5-3-4-8-21(14(11)16(23)25-2)12-7-6-10(18)9-13(12)26-17(19)20/h3-9,17H,1-2H3. The van der Waals surface area contributed by atoms with Crippen LogP contribution in [-0.4, -0.2) is 32.8 Å². The smallest absolute Gasteiger partial charge is 0.387 e. The molecule has 1 aliphatic heterocycles. The zero-order chi connectivity index (χ0) is 19.3. The first-order valence-electron chi connectivity index (χ1n) is 7.18. The van der Waals surface area contributed by atoms with E-state index in [0.717, 1.165) is 14.2 Å². The summed E-state index contributed by atoms with van der Waals surface area (Å²) in [6.07, 6.45) is 5.80. The number of hydrogen-bond donors (Lipinski definition) is 0. The molecule has 0 aliphatic carbocycles. The molecule has 0 atom stereocenters. The van der Waals surface area contributed by atoms with Crippen molar-refractivity contribution in [3.63, 3.8) is 0 Å². The van der Waals surface area contributed by atoms with Gasteiger partial charge < -0.3 is 19.1 Å². The Morgan fingerprint density at radius 3 is 2.42 bits per heavy atom. The van der Waals surface area contributed by atoms with Crippen LogP contribution >= 0.6 is 15.9 Å². The molecule has 0 unspecified atom stereocenters. The molecule has 0 radical (unpaired) electrons. The minimum Gasteiger partial charge on any atom is -0.465 e. The maximum absolute atomic E-state index is 12.8. The van der Waals surface area contributed by atoms with Crippen LogP contribution < -0.4 is 9.64 Å². The maximum Gasteiger partial charge on any atom is 0.387 e. The minimum absolute atomic E-state index is 0.102. The normalized spacial score (nSPS) is 13.7. The summed E-state index contributed by atoms with van der Waals surface area (Å²) < 4.78 is 40.1. The molecule has 0 spiro atoms. The van der Waals surface area contributed by atoms with Gasteiger partial charge in [-0.1, -0.05) is 22.0 Å². The summed E-state index contributed by atoms with van der Waals surface area (Å²) >= 11 is 3.18. The number of carbonyl (C=O) groups is 2. The van der Waals surface area contributed by atoms with Crippen molar-refractivity contribution in [2.45, 2.75) is 6.61 Å². The SMILES string of the molecule is COC(=O)C1=C(C(=O)OC)N(c2ccc(Br)cc2OC(F)F)C=CC=C1. The zero-order valence-corrected chi connectivity index (χ0v) is 15.3. The molecule has 2 rings (SSSR count). The molecule has 1 aromatic rings. The molecule has 0 aromatic heterocycles. The van der Waals surface area contributed by atoms with Crippen molar-refractivity contribution >= 4 is 33.6 Å². The lowest BCUT2D eigenvalue weighted by molar-refractivity contribution is -0.139. The molecular formula is C17H14BrF2NO5. The summed E-state index contributed by atoms with van der Waals surface area (Å²) in [6, 6.07) is 4.35. The second-order valence-electron chi connectivity index (χ2n) is 4.81. The maximum atomic E-state index is 12.8. The summed E-state index contributed by atoms with van der Waals surface area (Å²) in [5.74, 6) is -1.84. The quantitative estimate of drug-likeness (QED) is 0.667. The lowest BCUT2D eigenvalue weighted by atomic mass is 10.1. The first-order chi connectivity index (χ1) is 12.4. The van der Waals surface area contributed by atoms with Crippen LogP contribution in [0.25, 0.3) is 0 Å². The summed E-state index contributed by atoms with van der Waals surface area (Å²) in [5, 5.41) is 0. The Bertz CT molecular complexity index is 804. The van der Waals surface area contributed by atoms with Gasteiger partial charge in [-0.05, 0) is 30.4 Å². The Morgan fingerprint density at radius 2 is 1.81 bits per heavy atom. The number of halogens is 3. The van der Waals surface area contributed by atoms with Gasteiger partial charge in [0.2, 0.25) is 0 Å². The monoisotopic (exact) mass is 429 g/mol. The second-order valence-corrected chi connectivity index (χ2v) is 5.72. The van der Waals surface area contributed by atoms with Gasteiger partial charge in [0.15, 0.2) is 5.75 Å². The predicted molar refractivity (Wildman–Crippen MR) is 92.6 cm³/mol. The van der Waals surface area contributed by atoms with E-state index in [4.69, 9.17) is 9.47 Å². The molecule has 1 aliphatic rings. The first kappa shape index (κ1) is 19.6. The topological polar surface area (TPSA) is 65.1 Å². The Morgan fingerprint density at radius 1 is 1.12 bits per heavy atom. The lowest BCUT2D eigenvalue weighted by Gasteiger charge is -2.25. The lowest BCUT2D eigenvalue weighted by Crippen LogP contribution is -2.27. The van der Waals surface area contributed by atoms with E-state index in [1.165, 1.54) is 41.5 Å². The van der Waals surface area contributed by atoms with Gasteiger partial charge in [-0.15, -0.1) is 0 Å². The number of rotatable bonds is 5. The van der Waals surface area contributed by atoms with Crippen molar-refractivity contribution in [2.75, 3.05) is 19.1 Å². The highest BCUT2D eigenvalue weighted by Crippen LogP contribution is 2.36. The van der Waals surface area contributed by atoms with Gasteiger partial charge in [-0.3, -0.25) is 0 Å². The van der Waals surface area contributed by atoms with Crippen LogP contribution in [0.2, 0.25) is 0 Å². The van der Waals surface area contributed by atoms with Crippen molar-refractivity contribution in [1.29, 1.82) is 0 Å². The molecule has 0 saturated heterocycles. The molecule has 1 heterocycles. The van der Waals surface area contributed by atoms with Crippen LogP contribution in [0.4, 0.5) is 14.5 Å². The minimum atomic E-state index is -3.08. The van der Waals surface area contributed by atoms with E-state index in [1.807, 2.05) is 0 Å². The molecule has 0 bridgehead atoms. The molecule has 9 heteroatoms. The molecular weight excluding hydrogens is 416 g/mol. The van der Waals surface area contributed by atoms with Crippen LogP contribution in [0, 0.1) is 0 Å². The van der Waals surface area contributed by atoms with Gasteiger partial charge in [0.05, 0.1) is 25.5 Å². The van der Waals surface area contributed by atoms with E-state index in [9.17, 15) is 18.4 Å². The Labute approximate surface area is 156 Å². The average Bonchev–Trinajstić information content (AvgIpc) is 2.83. The third-order valence-electron chi connectivity index (χ3n) is 3.29. The largest absolute Gasteiger partial charge is 0.465 e. The highest BCUT2D eigenvalue weighted by molar-refractivity contribution is 9.10. The fourth-order valence-corrected chi connectivity index (χ4v) is 2.57. The summed E-state index contributed by atoms with van der Waals surface area (Å²) in [6.45, 7) is -3.08. The molecule has 0 N–H and O–H groups in total. The number of allylic oxidation sites excluding steroid dienone is 2. The Balaban J connectivity index is 2.69. The van der Waals surface area contributed by atoms with E-state index in [-0.39, 0.29) is 22.7 Å². The number of hydrogen-bond acceptors (Lipinski definition) is 6. The molecule has 0 amide bonds. The van der Waals surface area contributed by atoms with Crippen molar-refractivity contribution in [2.24, 2.45) is 0 Å². The number of ether oxygens (including phenoxy) is 3. The second kappa shape index (κ2) is 8.61. The summed E-state index contributed by atoms with van der Waals surface area (Å²) in [4.78, 5) is 25.7. The van der Waals surface area contributed by atoms with Crippen LogP contribution in [0.15, 0.2) is 58.4 Å². The fraction of sp³-hybridized carbons (Fsp3) is 0.176. The van der Waals surface area contributed by atoms with Crippen molar-refractivity contribution in [3.8, 4) is 5.75 Å². The molecule has 1 aromatic carbocycles. The van der Waals surface area contributed by atoms with Crippen LogP contribution in [0.5, 0.6) is 5.75 Å². The number of anilines is 1. The number of esters is 2. The average molecular weight is 430 g/mol. The highest BCUT2D eigenvalue weighted by Gasteiger charge is 2.29. The third kappa shape index (κ3) is 4.29. The van der Waals surface area contributed by atoms with Crippen LogP contribution in [0.1, 0.15) is 0 Å². The van der Waals surface area contributed by atoms with E-state index < -0.39 is 18.6 Å². The van der Waals surface area contributed by atoms with Gasteiger partial charge in [-0.2, -0.15) is 8.78 Å². The van der Waals surface area contributed by atoms with Gasteiger partial charge in [0.1, 0.15) is 5.70 Å². The van der Waals surface area contributed by atoms with Crippen molar-refractivity contribution in [3.05, 3.63) is 58.4 Å². The zero-order valence-electron chi connectivity index (χ0n) is 13.7. The van der Waals surface area contributed by atoms with Crippen molar-refractivity contribution < 1.29 is 32.6 Å². The predicted octanol–water partition coefficient (Wildman–Crippen LogP) is 3.54. The van der Waals surface area contributed by atoms with E-state index in [0.29, 0.717) is 4.47 Å². The Kier molecular flexibility index (Phi) is 6.51. The summed E-state index contributed by atoms with van der Waals surface area (Å²) in [5.41, 5.74) is -0.198. The van der Waals surface area contributed by atoms with E-state index in [1.54, 1.807) is 6.07 Å². The van der Waals surface area contributed by atoms with E-state index >= 15 is 0 Å². The third-order valence-corrected chi connectivity index (χ3v) is 3.78.